The summed E-state index contributed by atoms with van der Waals surface area (Å²) in [5.41, 5.74) is 0.407. The molecular formula is C11H13F3Te. The van der Waals surface area contributed by atoms with Crippen molar-refractivity contribution in [2.24, 2.45) is 5.92 Å². The Morgan fingerprint density at radius 1 is 1.20 bits per heavy atom. The zero-order valence-electron chi connectivity index (χ0n) is 8.38. The Labute approximate surface area is 101 Å². The van der Waals surface area contributed by atoms with Crippen molar-refractivity contribution in [2.45, 2.75) is 24.0 Å². The number of hydrogen-bond donors (Lipinski definition) is 0. The second-order valence-corrected chi connectivity index (χ2v) is 4.73. The predicted molar refractivity (Wildman–Crippen MR) is 56.3 cm³/mol. The molecule has 4 heteroatoms. The molecule has 1 aromatic rings. The normalized spacial score (nSPS) is 13.9. The first-order valence-corrected chi connectivity index (χ1v) is 6.51. The van der Waals surface area contributed by atoms with Crippen LogP contribution < -0.4 is 0 Å². The van der Waals surface area contributed by atoms with Crippen LogP contribution in [-0.2, 0) is 12.6 Å². The first kappa shape index (κ1) is 12.9. The zero-order chi connectivity index (χ0) is 11.5. The van der Waals surface area contributed by atoms with E-state index in [1.165, 1.54) is 0 Å². The third-order valence-corrected chi connectivity index (χ3v) is 3.96. The van der Waals surface area contributed by atoms with Gasteiger partial charge < -0.3 is 0 Å². The number of hydrogen-bond acceptors (Lipinski definition) is 0. The molecule has 0 fully saturated rings. The minimum absolute atomic E-state index is 0.538. The summed E-state index contributed by atoms with van der Waals surface area (Å²) in [7, 11) is 0. The van der Waals surface area contributed by atoms with Gasteiger partial charge in [-0.25, -0.2) is 0 Å². The van der Waals surface area contributed by atoms with Crippen molar-refractivity contribution >= 4 is 22.3 Å². The average Bonchev–Trinajstić information content (AvgIpc) is 2.17. The van der Waals surface area contributed by atoms with E-state index in [0.29, 0.717) is 5.92 Å². The van der Waals surface area contributed by atoms with Crippen molar-refractivity contribution in [3.8, 4) is 0 Å². The first-order valence-electron chi connectivity index (χ1n) is 4.70. The topological polar surface area (TPSA) is 0 Å². The molecule has 0 radical (unpaired) electrons. The van der Waals surface area contributed by atoms with Crippen LogP contribution in [0.2, 0.25) is 4.47 Å². The van der Waals surface area contributed by atoms with Gasteiger partial charge in [-0.1, -0.05) is 0 Å². The van der Waals surface area contributed by atoms with Gasteiger partial charge >= 0.3 is 101 Å². The Kier molecular flexibility index (Phi) is 4.48. The molecular weight excluding hydrogens is 317 g/mol. The summed E-state index contributed by atoms with van der Waals surface area (Å²) >= 11 is 1.74. The van der Waals surface area contributed by atoms with Crippen molar-refractivity contribution < 1.29 is 13.2 Å². The molecule has 1 atom stereocenters. The summed E-state index contributed by atoms with van der Waals surface area (Å²) < 4.78 is 37.8. The van der Waals surface area contributed by atoms with Gasteiger partial charge in [0.15, 0.2) is 0 Å². The Morgan fingerprint density at radius 3 is 2.13 bits per heavy atom. The monoisotopic (exact) mass is 332 g/mol. The first-order chi connectivity index (χ1) is 6.93. The van der Waals surface area contributed by atoms with Gasteiger partial charge in [-0.2, -0.15) is 0 Å². The Balaban J connectivity index is 2.73. The van der Waals surface area contributed by atoms with Crippen molar-refractivity contribution in [1.29, 1.82) is 0 Å². The minimum atomic E-state index is -4.22. The molecule has 0 aliphatic heterocycles. The van der Waals surface area contributed by atoms with Gasteiger partial charge in [-0.15, -0.1) is 0 Å². The third kappa shape index (κ3) is 4.04. The van der Waals surface area contributed by atoms with Crippen LogP contribution in [0.25, 0.3) is 0 Å². The Hall–Kier alpha value is -0.200. The number of rotatable bonds is 3. The van der Waals surface area contributed by atoms with E-state index in [0.717, 1.165) is 28.6 Å². The van der Waals surface area contributed by atoms with Gasteiger partial charge in [-0.3, -0.25) is 0 Å². The number of benzene rings is 1. The summed E-state index contributed by atoms with van der Waals surface area (Å²) in [5, 5.41) is 0. The summed E-state index contributed by atoms with van der Waals surface area (Å²) in [6, 6.07) is 5.45. The van der Waals surface area contributed by atoms with Crippen molar-refractivity contribution in [1.82, 2.24) is 0 Å². The molecule has 0 saturated heterocycles. The van der Waals surface area contributed by atoms with Crippen LogP contribution in [-0.4, -0.2) is 22.3 Å². The molecule has 15 heavy (non-hydrogen) atoms. The van der Waals surface area contributed by atoms with Crippen LogP contribution in [0.15, 0.2) is 24.3 Å². The maximum absolute atomic E-state index is 12.3. The van der Waals surface area contributed by atoms with E-state index < -0.39 is 11.7 Å². The van der Waals surface area contributed by atoms with Gasteiger partial charge in [0, 0.05) is 0 Å². The number of alkyl halides is 3. The van der Waals surface area contributed by atoms with Crippen LogP contribution in [0.4, 0.5) is 13.2 Å². The molecule has 0 aliphatic carbocycles. The van der Waals surface area contributed by atoms with Gasteiger partial charge in [0.1, 0.15) is 0 Å². The summed E-state index contributed by atoms with van der Waals surface area (Å²) in [5.74, 6) is 0.538. The van der Waals surface area contributed by atoms with Gasteiger partial charge in [0.25, 0.3) is 0 Å². The van der Waals surface area contributed by atoms with Crippen LogP contribution in [0, 0.1) is 5.92 Å². The molecule has 0 heterocycles. The van der Waals surface area contributed by atoms with Crippen LogP contribution in [0.3, 0.4) is 0 Å². The summed E-state index contributed by atoms with van der Waals surface area (Å²) in [6.45, 7) is 2.11. The van der Waals surface area contributed by atoms with Crippen LogP contribution in [0.5, 0.6) is 0 Å². The van der Waals surface area contributed by atoms with E-state index in [1.54, 1.807) is 34.4 Å². The van der Waals surface area contributed by atoms with Crippen molar-refractivity contribution in [3.63, 3.8) is 0 Å². The molecule has 84 valence electrons. The molecule has 1 rings (SSSR count). The van der Waals surface area contributed by atoms with E-state index in [-0.39, 0.29) is 0 Å². The molecule has 0 N–H and O–H groups in total. The molecule has 0 spiro atoms. The fourth-order valence-corrected chi connectivity index (χ4v) is 1.67. The third-order valence-electron chi connectivity index (χ3n) is 2.18. The molecule has 1 aromatic carbocycles. The molecule has 0 saturated carbocycles. The molecule has 0 amide bonds. The van der Waals surface area contributed by atoms with Crippen LogP contribution >= 0.6 is 0 Å². The van der Waals surface area contributed by atoms with Crippen molar-refractivity contribution in [3.05, 3.63) is 35.4 Å². The van der Waals surface area contributed by atoms with Gasteiger partial charge in [0.05, 0.1) is 0 Å². The Bertz CT molecular complexity index is 303. The fourth-order valence-electron chi connectivity index (χ4n) is 1.30. The van der Waals surface area contributed by atoms with E-state index in [9.17, 15) is 13.2 Å². The Morgan fingerprint density at radius 2 is 1.73 bits per heavy atom. The van der Waals surface area contributed by atoms with E-state index in [1.807, 2.05) is 0 Å². The second-order valence-electron chi connectivity index (χ2n) is 3.69. The van der Waals surface area contributed by atoms with E-state index in [2.05, 4.69) is 6.92 Å². The molecule has 0 aliphatic rings. The van der Waals surface area contributed by atoms with E-state index >= 15 is 0 Å². The second kappa shape index (κ2) is 5.23. The van der Waals surface area contributed by atoms with E-state index in [4.69, 9.17) is 0 Å². The van der Waals surface area contributed by atoms with Gasteiger partial charge in [-0.05, 0) is 0 Å². The van der Waals surface area contributed by atoms with Gasteiger partial charge in [0.2, 0.25) is 0 Å². The zero-order valence-corrected chi connectivity index (χ0v) is 10.9. The van der Waals surface area contributed by atoms with Crippen LogP contribution in [0.1, 0.15) is 18.1 Å². The summed E-state index contributed by atoms with van der Waals surface area (Å²) in [4.78, 5) is 0. The fraction of sp³-hybridized carbons (Fsp3) is 0.455. The SMILES string of the molecule is CC(C[TeH])Cc1ccc(C(F)(F)F)cc1. The predicted octanol–water partition coefficient (Wildman–Crippen LogP) is 3.20. The summed E-state index contributed by atoms with van der Waals surface area (Å²) in [6.07, 6.45) is -3.37. The standard InChI is InChI=1S/C11H13F3Te/c1-8(7-15)6-9-2-4-10(5-3-9)11(12,13)14/h2-5,8,15H,6-7H2,1H3. The van der Waals surface area contributed by atoms with Crippen molar-refractivity contribution in [2.75, 3.05) is 0 Å². The maximum atomic E-state index is 12.3. The number of halogens is 3. The molecule has 0 nitrogen and oxygen atoms in total. The quantitative estimate of drug-likeness (QED) is 0.747. The molecule has 0 bridgehead atoms. The average molecular weight is 330 g/mol. The molecule has 0 aromatic heterocycles. The molecule has 1 unspecified atom stereocenters.